The maximum atomic E-state index is 12.7. The van der Waals surface area contributed by atoms with Crippen LogP contribution in [0.15, 0.2) is 83.5 Å². The van der Waals surface area contributed by atoms with Crippen molar-refractivity contribution in [1.29, 1.82) is 0 Å². The second-order valence-electron chi connectivity index (χ2n) is 6.58. The Morgan fingerprint density at radius 1 is 1.03 bits per heavy atom. The Bertz CT molecular complexity index is 1150. The van der Waals surface area contributed by atoms with E-state index in [0.717, 1.165) is 16.6 Å². The lowest BCUT2D eigenvalue weighted by Gasteiger charge is -2.24. The molecule has 1 aliphatic rings. The largest absolute Gasteiger partial charge is 0.447 e. The summed E-state index contributed by atoms with van der Waals surface area (Å²) in [4.78, 5) is 23.0. The topological polar surface area (TPSA) is 68.5 Å². The molecule has 1 radical (unpaired) electrons. The van der Waals surface area contributed by atoms with Gasteiger partial charge in [-0.3, -0.25) is 9.88 Å². The van der Waals surface area contributed by atoms with Crippen molar-refractivity contribution in [2.45, 2.75) is 6.04 Å². The van der Waals surface area contributed by atoms with Gasteiger partial charge in [0.15, 0.2) is 5.58 Å². The van der Waals surface area contributed by atoms with E-state index < -0.39 is 6.09 Å². The average molecular weight is 382 g/mol. The highest BCUT2D eigenvalue weighted by molar-refractivity contribution is 5.84. The Hall–Kier alpha value is -3.93. The molecule has 0 bridgehead atoms. The number of hydrogen-bond donors (Lipinski definition) is 0. The first-order valence-electron chi connectivity index (χ1n) is 9.20. The highest BCUT2D eigenvalue weighted by Crippen LogP contribution is 2.35. The van der Waals surface area contributed by atoms with Crippen molar-refractivity contribution in [3.8, 4) is 0 Å². The molecule has 0 aliphatic carbocycles. The number of oxazole rings is 1. The van der Waals surface area contributed by atoms with E-state index in [1.807, 2.05) is 66.7 Å². The van der Waals surface area contributed by atoms with Crippen LogP contribution in [0, 0.1) is 6.08 Å². The van der Waals surface area contributed by atoms with E-state index in [9.17, 15) is 4.79 Å². The van der Waals surface area contributed by atoms with Crippen molar-refractivity contribution in [1.82, 2.24) is 14.9 Å². The third kappa shape index (κ3) is 3.25. The Morgan fingerprint density at radius 2 is 1.86 bits per heavy atom. The van der Waals surface area contributed by atoms with E-state index in [-0.39, 0.29) is 18.5 Å². The van der Waals surface area contributed by atoms with Crippen molar-refractivity contribution in [3.05, 3.63) is 102 Å². The normalized spacial score (nSPS) is 17.0. The smallest absolute Gasteiger partial charge is 0.415 e. The third-order valence-corrected chi connectivity index (χ3v) is 4.75. The van der Waals surface area contributed by atoms with E-state index in [0.29, 0.717) is 11.3 Å². The predicted molar refractivity (Wildman–Crippen MR) is 106 cm³/mol. The number of benzene rings is 2. The first kappa shape index (κ1) is 17.2. The fourth-order valence-electron chi connectivity index (χ4n) is 3.39. The fraction of sp³-hybridized carbons (Fsp3) is 0.0870. The lowest BCUT2D eigenvalue weighted by molar-refractivity contribution is 0.167. The average Bonchev–Trinajstić information content (AvgIpc) is 3.36. The number of pyridine rings is 1. The Kier molecular flexibility index (Phi) is 4.29. The SMILES string of the molecule is O=C1OC[C@@H](c2ccccc2)N1C(=[C]c1nc2ccccc2o1)c1cccnc1. The molecule has 3 heterocycles. The summed E-state index contributed by atoms with van der Waals surface area (Å²) in [5.74, 6) is 0.288. The number of fused-ring (bicyclic) bond motifs is 1. The molecule has 4 aromatic rings. The molecule has 1 saturated heterocycles. The molecule has 2 aromatic carbocycles. The van der Waals surface area contributed by atoms with Crippen molar-refractivity contribution in [2.24, 2.45) is 0 Å². The highest BCUT2D eigenvalue weighted by atomic mass is 16.6. The zero-order valence-corrected chi connectivity index (χ0v) is 15.4. The molecular weight excluding hydrogens is 366 g/mol. The molecule has 0 spiro atoms. The quantitative estimate of drug-likeness (QED) is 0.516. The molecule has 1 fully saturated rings. The van der Waals surface area contributed by atoms with Crippen LogP contribution in [0.1, 0.15) is 23.1 Å². The van der Waals surface area contributed by atoms with Gasteiger partial charge in [-0.15, -0.1) is 0 Å². The summed E-state index contributed by atoms with van der Waals surface area (Å²) in [7, 11) is 0. The molecule has 2 aromatic heterocycles. The van der Waals surface area contributed by atoms with Gasteiger partial charge in [0.25, 0.3) is 0 Å². The van der Waals surface area contributed by atoms with Crippen LogP contribution in [-0.2, 0) is 4.74 Å². The summed E-state index contributed by atoms with van der Waals surface area (Å²) in [5.41, 5.74) is 3.57. The summed E-state index contributed by atoms with van der Waals surface area (Å²) in [5, 5.41) is 0. The van der Waals surface area contributed by atoms with Gasteiger partial charge < -0.3 is 9.15 Å². The zero-order valence-electron chi connectivity index (χ0n) is 15.4. The molecule has 6 nitrogen and oxygen atoms in total. The van der Waals surface area contributed by atoms with Crippen molar-refractivity contribution < 1.29 is 13.9 Å². The molecule has 0 saturated carbocycles. The minimum absolute atomic E-state index is 0.252. The molecule has 6 heteroatoms. The highest BCUT2D eigenvalue weighted by Gasteiger charge is 2.37. The number of carbonyl (C=O) groups excluding carboxylic acids is 1. The minimum Gasteiger partial charge on any atom is -0.447 e. The molecule has 1 amide bonds. The van der Waals surface area contributed by atoms with Crippen molar-refractivity contribution >= 4 is 22.9 Å². The first-order valence-corrected chi connectivity index (χ1v) is 9.20. The van der Waals surface area contributed by atoms with Gasteiger partial charge in [-0.1, -0.05) is 42.5 Å². The van der Waals surface area contributed by atoms with Crippen LogP contribution in [0.2, 0.25) is 0 Å². The van der Waals surface area contributed by atoms with Crippen molar-refractivity contribution in [2.75, 3.05) is 6.61 Å². The Labute approximate surface area is 167 Å². The number of ether oxygens (including phenoxy) is 1. The van der Waals surface area contributed by atoms with Gasteiger partial charge in [-0.05, 0) is 29.8 Å². The number of carbonyl (C=O) groups is 1. The second-order valence-corrected chi connectivity index (χ2v) is 6.58. The number of hydrogen-bond acceptors (Lipinski definition) is 5. The fourth-order valence-corrected chi connectivity index (χ4v) is 3.39. The van der Waals surface area contributed by atoms with Gasteiger partial charge in [0.05, 0.1) is 17.8 Å². The molecule has 0 N–H and O–H groups in total. The maximum Gasteiger partial charge on any atom is 0.415 e. The summed E-state index contributed by atoms with van der Waals surface area (Å²) in [6, 6.07) is 20.6. The monoisotopic (exact) mass is 382 g/mol. The molecule has 1 aliphatic heterocycles. The molecule has 1 atom stereocenters. The summed E-state index contributed by atoms with van der Waals surface area (Å²) in [6.07, 6.45) is 6.09. The molecular formula is C23H16N3O3. The Morgan fingerprint density at radius 3 is 2.66 bits per heavy atom. The van der Waals surface area contributed by atoms with Crippen molar-refractivity contribution in [3.63, 3.8) is 0 Å². The van der Waals surface area contributed by atoms with Crippen LogP contribution in [0.5, 0.6) is 0 Å². The number of rotatable bonds is 4. The van der Waals surface area contributed by atoms with Crippen LogP contribution in [-0.4, -0.2) is 27.6 Å². The van der Waals surface area contributed by atoms with Crippen LogP contribution in [0.25, 0.3) is 16.8 Å². The van der Waals surface area contributed by atoms with Gasteiger partial charge >= 0.3 is 6.09 Å². The number of para-hydroxylation sites is 2. The van der Waals surface area contributed by atoms with Crippen LogP contribution < -0.4 is 0 Å². The maximum absolute atomic E-state index is 12.7. The van der Waals surface area contributed by atoms with Gasteiger partial charge in [-0.2, -0.15) is 0 Å². The first-order chi connectivity index (χ1) is 14.3. The van der Waals surface area contributed by atoms with Crippen LogP contribution in [0.4, 0.5) is 4.79 Å². The molecule has 5 rings (SSSR count). The van der Waals surface area contributed by atoms with Crippen LogP contribution in [0.3, 0.4) is 0 Å². The number of cyclic esters (lactones) is 1. The Balaban J connectivity index is 1.64. The summed E-state index contributed by atoms with van der Waals surface area (Å²) >= 11 is 0. The van der Waals surface area contributed by atoms with E-state index in [4.69, 9.17) is 9.15 Å². The summed E-state index contributed by atoms with van der Waals surface area (Å²) in [6.45, 7) is 0.252. The van der Waals surface area contributed by atoms with E-state index in [1.165, 1.54) is 0 Å². The van der Waals surface area contributed by atoms with Gasteiger partial charge in [0, 0.05) is 18.0 Å². The van der Waals surface area contributed by atoms with Crippen LogP contribution >= 0.6 is 0 Å². The van der Waals surface area contributed by atoms with E-state index >= 15 is 0 Å². The number of amides is 1. The zero-order chi connectivity index (χ0) is 19.6. The van der Waals surface area contributed by atoms with Gasteiger partial charge in [0.2, 0.25) is 5.89 Å². The van der Waals surface area contributed by atoms with Gasteiger partial charge in [0.1, 0.15) is 12.1 Å². The lowest BCUT2D eigenvalue weighted by atomic mass is 10.0. The van der Waals surface area contributed by atoms with E-state index in [1.54, 1.807) is 17.3 Å². The van der Waals surface area contributed by atoms with Gasteiger partial charge in [-0.25, -0.2) is 9.78 Å². The van der Waals surface area contributed by atoms with E-state index in [2.05, 4.69) is 16.0 Å². The number of nitrogens with zero attached hydrogens (tertiary/aromatic N) is 3. The minimum atomic E-state index is -0.443. The standard InChI is InChI=1S/C23H16N3O3/c27-23-26(20(15-28-23)16-7-2-1-3-8-16)19(17-9-6-12-24-14-17)13-22-25-18-10-4-5-11-21(18)29-22/h1-12,14,20H,15H2/t20-/m0/s1. The lowest BCUT2D eigenvalue weighted by Crippen LogP contribution is -2.26. The molecule has 29 heavy (non-hydrogen) atoms. The molecule has 141 valence electrons. The summed E-state index contributed by atoms with van der Waals surface area (Å²) < 4.78 is 11.2. The molecule has 0 unspecified atom stereocenters. The third-order valence-electron chi connectivity index (χ3n) is 4.75. The second kappa shape index (κ2) is 7.24. The number of aromatic nitrogens is 2. The predicted octanol–water partition coefficient (Wildman–Crippen LogP) is 4.61.